The van der Waals surface area contributed by atoms with E-state index in [1.807, 2.05) is 0 Å². The minimum Gasteiger partial charge on any atom is -0.353 e. The van der Waals surface area contributed by atoms with E-state index in [-0.39, 0.29) is 48.5 Å². The molecular formula is C28H58CuLiO4. The molecule has 0 spiro atoms. The van der Waals surface area contributed by atoms with E-state index in [0.717, 1.165) is 90.6 Å². The summed E-state index contributed by atoms with van der Waals surface area (Å²) in [6, 6.07) is 0. The molecular weight excluding hydrogens is 471 g/mol. The van der Waals surface area contributed by atoms with E-state index in [9.17, 15) is 0 Å². The van der Waals surface area contributed by atoms with Gasteiger partial charge in [-0.05, 0) is 38.5 Å². The fourth-order valence-corrected chi connectivity index (χ4v) is 2.84. The van der Waals surface area contributed by atoms with Gasteiger partial charge in [-0.15, -0.1) is 0 Å². The molecule has 6 heteroatoms. The number of unbranched alkanes of at least 4 members (excludes halogenated alkanes) is 8. The Morgan fingerprint density at radius 3 is 0.941 bits per heavy atom. The fourth-order valence-electron chi connectivity index (χ4n) is 2.84. The number of hydrogen-bond acceptors (Lipinski definition) is 4. The molecule has 0 aromatic rings. The van der Waals surface area contributed by atoms with Gasteiger partial charge < -0.3 is 32.8 Å². The summed E-state index contributed by atoms with van der Waals surface area (Å²) in [5.41, 5.74) is 0. The van der Waals surface area contributed by atoms with Crippen LogP contribution >= 0.6 is 0 Å². The van der Waals surface area contributed by atoms with Gasteiger partial charge in [0.1, 0.15) is 0 Å². The summed E-state index contributed by atoms with van der Waals surface area (Å²) >= 11 is 0. The van der Waals surface area contributed by atoms with Crippen LogP contribution in [-0.2, 0) is 36.0 Å². The Balaban J connectivity index is -0.000000250. The normalized spacial score (nSPS) is 10.6. The van der Waals surface area contributed by atoms with Gasteiger partial charge in [0.2, 0.25) is 0 Å². The number of hydrogen-bond donors (Lipinski definition) is 0. The van der Waals surface area contributed by atoms with Crippen molar-refractivity contribution in [1.82, 2.24) is 0 Å². The summed E-state index contributed by atoms with van der Waals surface area (Å²) in [4.78, 5) is 0. The van der Waals surface area contributed by atoms with Crippen LogP contribution in [0.2, 0.25) is 0 Å². The SMILES string of the molecule is [CH2-]CCCCC(OCCCC)OCCCC.[CH2-]CCCCC(OCCCC)OCCCC.[Cu+2].[Li]. The third kappa shape index (κ3) is 35.1. The molecule has 0 aromatic heterocycles. The first kappa shape index (κ1) is 42.1. The number of ether oxygens (including phenoxy) is 4. The first-order valence-electron chi connectivity index (χ1n) is 13.7. The zero-order chi connectivity index (χ0) is 24.1. The van der Waals surface area contributed by atoms with Crippen molar-refractivity contribution < 1.29 is 36.0 Å². The molecule has 2 radical (unpaired) electrons. The maximum atomic E-state index is 5.73. The predicted octanol–water partition coefficient (Wildman–Crippen LogP) is 8.30. The van der Waals surface area contributed by atoms with Gasteiger partial charge in [-0.3, -0.25) is 0 Å². The van der Waals surface area contributed by atoms with Crippen LogP contribution in [0.1, 0.15) is 130 Å². The van der Waals surface area contributed by atoms with Gasteiger partial charge in [0.25, 0.3) is 0 Å². The molecule has 0 atom stereocenters. The van der Waals surface area contributed by atoms with Gasteiger partial charge >= 0.3 is 17.1 Å². The Morgan fingerprint density at radius 1 is 0.471 bits per heavy atom. The Labute approximate surface area is 237 Å². The molecule has 0 amide bonds. The van der Waals surface area contributed by atoms with E-state index in [2.05, 4.69) is 41.5 Å². The molecule has 0 saturated carbocycles. The van der Waals surface area contributed by atoms with Crippen molar-refractivity contribution in [3.05, 3.63) is 13.8 Å². The van der Waals surface area contributed by atoms with Gasteiger partial charge in [-0.2, -0.15) is 12.8 Å². The molecule has 0 aliphatic heterocycles. The first-order valence-corrected chi connectivity index (χ1v) is 13.7. The van der Waals surface area contributed by atoms with E-state index in [4.69, 9.17) is 18.9 Å². The topological polar surface area (TPSA) is 36.9 Å². The van der Waals surface area contributed by atoms with Crippen LogP contribution in [0.4, 0.5) is 0 Å². The van der Waals surface area contributed by atoms with Crippen molar-refractivity contribution in [3.63, 3.8) is 0 Å². The van der Waals surface area contributed by atoms with E-state index in [1.54, 1.807) is 0 Å². The molecule has 0 unspecified atom stereocenters. The zero-order valence-corrected chi connectivity index (χ0v) is 24.6. The molecule has 34 heavy (non-hydrogen) atoms. The van der Waals surface area contributed by atoms with Gasteiger partial charge in [-0.25, -0.2) is 0 Å². The van der Waals surface area contributed by atoms with Crippen molar-refractivity contribution in [2.45, 2.75) is 143 Å². The molecule has 206 valence electrons. The second-order valence-corrected chi connectivity index (χ2v) is 8.46. The molecule has 0 rings (SSSR count). The quantitative estimate of drug-likeness (QED) is 0.0546. The monoisotopic (exact) mass is 528 g/mol. The van der Waals surface area contributed by atoms with Gasteiger partial charge in [0.05, 0.1) is 0 Å². The van der Waals surface area contributed by atoms with Crippen molar-refractivity contribution in [2.24, 2.45) is 0 Å². The van der Waals surface area contributed by atoms with Crippen LogP contribution in [0.25, 0.3) is 0 Å². The van der Waals surface area contributed by atoms with Crippen LogP contribution in [0.15, 0.2) is 0 Å². The van der Waals surface area contributed by atoms with E-state index >= 15 is 0 Å². The van der Waals surface area contributed by atoms with Crippen LogP contribution < -0.4 is 0 Å². The molecule has 0 saturated heterocycles. The molecule has 0 bridgehead atoms. The Hall–Kier alpha value is 0.957. The molecule has 0 N–H and O–H groups in total. The zero-order valence-electron chi connectivity index (χ0n) is 23.6. The van der Waals surface area contributed by atoms with Crippen LogP contribution in [0.5, 0.6) is 0 Å². The predicted molar refractivity (Wildman–Crippen MR) is 144 cm³/mol. The third-order valence-corrected chi connectivity index (χ3v) is 5.09. The third-order valence-electron chi connectivity index (χ3n) is 5.09. The molecule has 0 aliphatic carbocycles. The van der Waals surface area contributed by atoms with Crippen molar-refractivity contribution in [1.29, 1.82) is 0 Å². The molecule has 0 aromatic carbocycles. The summed E-state index contributed by atoms with van der Waals surface area (Å²) in [5.74, 6) is 0. The first-order chi connectivity index (χ1) is 15.7. The van der Waals surface area contributed by atoms with Gasteiger partial charge in [-0.1, -0.05) is 79.1 Å². The Kier molecular flexibility index (Phi) is 47.6. The fraction of sp³-hybridized carbons (Fsp3) is 0.929. The maximum absolute atomic E-state index is 5.73. The largest absolute Gasteiger partial charge is 2.00 e. The molecule has 4 nitrogen and oxygen atoms in total. The van der Waals surface area contributed by atoms with E-state index < -0.39 is 0 Å². The number of rotatable bonds is 24. The minimum absolute atomic E-state index is 0. The summed E-state index contributed by atoms with van der Waals surface area (Å²) in [7, 11) is 0. The van der Waals surface area contributed by atoms with Crippen molar-refractivity contribution in [2.75, 3.05) is 26.4 Å². The minimum atomic E-state index is 0. The van der Waals surface area contributed by atoms with Gasteiger partial charge in [0, 0.05) is 45.3 Å². The maximum Gasteiger partial charge on any atom is 2.00 e. The Bertz CT molecular complexity index is 247. The molecule has 0 aliphatic rings. The van der Waals surface area contributed by atoms with Crippen LogP contribution in [0, 0.1) is 13.8 Å². The smallest absolute Gasteiger partial charge is 0.353 e. The average molecular weight is 529 g/mol. The van der Waals surface area contributed by atoms with Gasteiger partial charge in [0.15, 0.2) is 12.6 Å². The standard InChI is InChI=1S/2C14H29O2.Cu.Li/c2*1-4-7-10-11-14(15-12-8-5-2)16-13-9-6-3;;/h2*14H,1,4-13H2,2-3H3;;/q2*-1;+2;. The second-order valence-electron chi connectivity index (χ2n) is 8.46. The van der Waals surface area contributed by atoms with Crippen molar-refractivity contribution >= 4 is 18.9 Å². The molecule has 0 fully saturated rings. The summed E-state index contributed by atoms with van der Waals surface area (Å²) in [6.45, 7) is 19.7. The van der Waals surface area contributed by atoms with Crippen LogP contribution in [0.3, 0.4) is 0 Å². The van der Waals surface area contributed by atoms with E-state index in [1.165, 1.54) is 38.5 Å². The summed E-state index contributed by atoms with van der Waals surface area (Å²) < 4.78 is 22.9. The van der Waals surface area contributed by atoms with E-state index in [0.29, 0.717) is 0 Å². The molecule has 0 heterocycles. The average Bonchev–Trinajstić information content (AvgIpc) is 2.80. The summed E-state index contributed by atoms with van der Waals surface area (Å²) in [5, 5.41) is 0. The Morgan fingerprint density at radius 2 is 0.735 bits per heavy atom. The van der Waals surface area contributed by atoms with Crippen LogP contribution in [-0.4, -0.2) is 57.9 Å². The second kappa shape index (κ2) is 38.5. The van der Waals surface area contributed by atoms with Crippen molar-refractivity contribution in [3.8, 4) is 0 Å². The summed E-state index contributed by atoms with van der Waals surface area (Å²) in [6.07, 6.45) is 18.0.